The fourth-order valence-electron chi connectivity index (χ4n) is 4.64. The lowest BCUT2D eigenvalue weighted by atomic mass is 10.1. The minimum absolute atomic E-state index is 0.786. The quantitative estimate of drug-likeness (QED) is 0.240. The van der Waals surface area contributed by atoms with Crippen LogP contribution in [0.1, 0.15) is 0 Å². The van der Waals surface area contributed by atoms with Gasteiger partial charge in [-0.3, -0.25) is 15.0 Å². The molecule has 4 nitrogen and oxygen atoms in total. The molecule has 3 heterocycles. The van der Waals surface area contributed by atoms with Gasteiger partial charge in [-0.1, -0.05) is 91.0 Å². The van der Waals surface area contributed by atoms with Crippen LogP contribution in [0.3, 0.4) is 0 Å². The molecular formula is C33H24N3OP. The predicted octanol–water partition coefficient (Wildman–Crippen LogP) is 6.51. The summed E-state index contributed by atoms with van der Waals surface area (Å²) in [5.74, 6) is 0. The van der Waals surface area contributed by atoms with Gasteiger partial charge in [0.1, 0.15) is 0 Å². The molecule has 6 rings (SSSR count). The lowest BCUT2D eigenvalue weighted by Crippen LogP contribution is -2.25. The summed E-state index contributed by atoms with van der Waals surface area (Å²) in [5.41, 5.74) is 6.17. The van der Waals surface area contributed by atoms with Gasteiger partial charge in [-0.2, -0.15) is 0 Å². The molecular weight excluding hydrogens is 485 g/mol. The molecule has 0 saturated carbocycles. The van der Waals surface area contributed by atoms with Crippen LogP contribution in [0.4, 0.5) is 0 Å². The lowest BCUT2D eigenvalue weighted by molar-refractivity contribution is 0.592. The standard InChI is InChI=1S/C33H24N3OP/c37-38(31-13-7-25(8-14-31)28-4-1-19-34-22-28,32-15-9-26(10-16-32)29-5-2-20-35-23-29)33-17-11-27(12-18-33)30-6-3-21-36-24-30/h1-24H. The average Bonchev–Trinajstić information content (AvgIpc) is 3.02. The van der Waals surface area contributed by atoms with Gasteiger partial charge in [0.05, 0.1) is 0 Å². The highest BCUT2D eigenvalue weighted by molar-refractivity contribution is 7.85. The molecule has 5 heteroatoms. The lowest BCUT2D eigenvalue weighted by Gasteiger charge is -2.21. The Morgan fingerprint density at radius 2 is 0.658 bits per heavy atom. The Morgan fingerprint density at radius 3 is 0.895 bits per heavy atom. The van der Waals surface area contributed by atoms with Crippen molar-refractivity contribution in [3.8, 4) is 33.4 Å². The monoisotopic (exact) mass is 509 g/mol. The maximum Gasteiger partial charge on any atom is 0.171 e. The predicted molar refractivity (Wildman–Crippen MR) is 156 cm³/mol. The molecule has 0 radical (unpaired) electrons. The van der Waals surface area contributed by atoms with E-state index in [4.69, 9.17) is 0 Å². The molecule has 38 heavy (non-hydrogen) atoms. The molecule has 0 bridgehead atoms. The SMILES string of the molecule is O=P(c1ccc(-c2cccnc2)cc1)(c1ccc(-c2cccnc2)cc1)c1ccc(-c2cccnc2)cc1. The number of hydrogen-bond donors (Lipinski definition) is 0. The van der Waals surface area contributed by atoms with Crippen molar-refractivity contribution >= 4 is 23.1 Å². The van der Waals surface area contributed by atoms with Crippen LogP contribution >= 0.6 is 7.14 Å². The second kappa shape index (κ2) is 10.4. The second-order valence-electron chi connectivity index (χ2n) is 8.97. The van der Waals surface area contributed by atoms with Crippen molar-refractivity contribution in [2.24, 2.45) is 0 Å². The Hall–Kier alpha value is -4.66. The first kappa shape index (κ1) is 23.7. The van der Waals surface area contributed by atoms with Crippen molar-refractivity contribution in [1.29, 1.82) is 0 Å². The highest BCUT2D eigenvalue weighted by Gasteiger charge is 2.30. The van der Waals surface area contributed by atoms with E-state index in [1.165, 1.54) is 0 Å². The third-order valence-corrected chi connectivity index (χ3v) is 9.75. The van der Waals surface area contributed by atoms with Crippen LogP contribution in [0.2, 0.25) is 0 Å². The normalized spacial score (nSPS) is 11.3. The van der Waals surface area contributed by atoms with Gasteiger partial charge in [-0.25, -0.2) is 0 Å². The van der Waals surface area contributed by atoms with Crippen molar-refractivity contribution in [1.82, 2.24) is 15.0 Å². The number of aromatic nitrogens is 3. The Kier molecular flexibility index (Phi) is 6.47. The van der Waals surface area contributed by atoms with Gasteiger partial charge in [0, 0.05) is 53.1 Å². The van der Waals surface area contributed by atoms with Crippen molar-refractivity contribution in [2.45, 2.75) is 0 Å². The molecule has 3 aromatic carbocycles. The average molecular weight is 510 g/mol. The third-order valence-electron chi connectivity index (χ3n) is 6.68. The first-order valence-corrected chi connectivity index (χ1v) is 14.1. The Labute approximate surface area is 222 Å². The first-order valence-electron chi connectivity index (χ1n) is 12.3. The fourth-order valence-corrected chi connectivity index (χ4v) is 7.24. The summed E-state index contributed by atoms with van der Waals surface area (Å²) >= 11 is 0. The van der Waals surface area contributed by atoms with Gasteiger partial charge < -0.3 is 4.57 Å². The summed E-state index contributed by atoms with van der Waals surface area (Å²) in [6, 6.07) is 35.8. The van der Waals surface area contributed by atoms with E-state index in [2.05, 4.69) is 15.0 Å². The first-order chi connectivity index (χ1) is 18.7. The van der Waals surface area contributed by atoms with Crippen LogP contribution < -0.4 is 15.9 Å². The van der Waals surface area contributed by atoms with Crippen LogP contribution in [0.25, 0.3) is 33.4 Å². The fraction of sp³-hybridized carbons (Fsp3) is 0. The minimum Gasteiger partial charge on any atom is -0.309 e. The summed E-state index contributed by atoms with van der Waals surface area (Å²) in [5, 5.41) is 2.36. The Bertz CT molecular complexity index is 1480. The molecule has 6 aromatic rings. The van der Waals surface area contributed by atoms with Gasteiger partial charge in [-0.05, 0) is 51.6 Å². The van der Waals surface area contributed by atoms with E-state index < -0.39 is 7.14 Å². The van der Waals surface area contributed by atoms with Crippen LogP contribution in [0, 0.1) is 0 Å². The molecule has 0 saturated heterocycles. The van der Waals surface area contributed by atoms with Crippen molar-refractivity contribution in [2.75, 3.05) is 0 Å². The van der Waals surface area contributed by atoms with Gasteiger partial charge in [0.25, 0.3) is 0 Å². The number of pyridine rings is 3. The van der Waals surface area contributed by atoms with Crippen LogP contribution in [-0.2, 0) is 4.57 Å². The number of hydrogen-bond acceptors (Lipinski definition) is 4. The summed E-state index contributed by atoms with van der Waals surface area (Å²) in [6.45, 7) is 0. The smallest absolute Gasteiger partial charge is 0.171 e. The van der Waals surface area contributed by atoms with E-state index in [9.17, 15) is 0 Å². The Balaban J connectivity index is 1.44. The molecule has 0 aliphatic rings. The molecule has 0 amide bonds. The van der Waals surface area contributed by atoms with E-state index >= 15 is 4.57 Å². The molecule has 0 spiro atoms. The molecule has 0 aliphatic carbocycles. The van der Waals surface area contributed by atoms with Gasteiger partial charge >= 0.3 is 0 Å². The summed E-state index contributed by atoms with van der Waals surface area (Å²) < 4.78 is 15.1. The van der Waals surface area contributed by atoms with E-state index in [1.54, 1.807) is 18.6 Å². The number of rotatable bonds is 6. The summed E-state index contributed by atoms with van der Waals surface area (Å²) in [7, 11) is -3.16. The maximum atomic E-state index is 15.1. The molecule has 0 atom stereocenters. The molecule has 182 valence electrons. The zero-order chi connectivity index (χ0) is 25.8. The topological polar surface area (TPSA) is 55.7 Å². The van der Waals surface area contributed by atoms with Crippen LogP contribution in [0.15, 0.2) is 146 Å². The zero-order valence-corrected chi connectivity index (χ0v) is 21.4. The minimum atomic E-state index is -3.16. The molecule has 0 aliphatic heterocycles. The van der Waals surface area contributed by atoms with Gasteiger partial charge in [0.15, 0.2) is 7.14 Å². The summed E-state index contributed by atoms with van der Waals surface area (Å²) in [6.07, 6.45) is 10.8. The largest absolute Gasteiger partial charge is 0.309 e. The van der Waals surface area contributed by atoms with E-state index in [-0.39, 0.29) is 0 Å². The number of benzene rings is 3. The second-order valence-corrected chi connectivity index (χ2v) is 11.7. The van der Waals surface area contributed by atoms with Crippen LogP contribution in [-0.4, -0.2) is 15.0 Å². The number of nitrogens with zero attached hydrogens (tertiary/aromatic N) is 3. The maximum absolute atomic E-state index is 15.1. The molecule has 0 N–H and O–H groups in total. The third kappa shape index (κ3) is 4.58. The zero-order valence-electron chi connectivity index (χ0n) is 20.6. The van der Waals surface area contributed by atoms with Gasteiger partial charge in [-0.15, -0.1) is 0 Å². The molecule has 0 unspecified atom stereocenters. The van der Waals surface area contributed by atoms with Crippen molar-refractivity contribution in [3.05, 3.63) is 146 Å². The highest BCUT2D eigenvalue weighted by atomic mass is 31.2. The molecule has 3 aromatic heterocycles. The molecule has 0 fully saturated rings. The van der Waals surface area contributed by atoms with Crippen LogP contribution in [0.5, 0.6) is 0 Å². The van der Waals surface area contributed by atoms with E-state index in [0.717, 1.165) is 49.3 Å². The van der Waals surface area contributed by atoms with E-state index in [0.29, 0.717) is 0 Å². The van der Waals surface area contributed by atoms with Crippen molar-refractivity contribution in [3.63, 3.8) is 0 Å². The van der Waals surface area contributed by atoms with E-state index in [1.807, 2.05) is 128 Å². The Morgan fingerprint density at radius 1 is 0.368 bits per heavy atom. The van der Waals surface area contributed by atoms with Gasteiger partial charge in [0.2, 0.25) is 0 Å². The summed E-state index contributed by atoms with van der Waals surface area (Å²) in [4.78, 5) is 12.7. The highest BCUT2D eigenvalue weighted by Crippen LogP contribution is 2.43. The van der Waals surface area contributed by atoms with Crippen molar-refractivity contribution < 1.29 is 4.57 Å².